The maximum Gasteiger partial charge on any atom is 0.344 e. The highest BCUT2D eigenvalue weighted by Gasteiger charge is 2.14. The number of hydrogen-bond donors (Lipinski definition) is 2. The lowest BCUT2D eigenvalue weighted by atomic mass is 9.90. The molecule has 17 heavy (non-hydrogen) atoms. The molecule has 0 aliphatic rings. The number of aromatic nitrogens is 2. The zero-order valence-corrected chi connectivity index (χ0v) is 11.2. The average molecular weight is 237 g/mol. The van der Waals surface area contributed by atoms with Gasteiger partial charge in [0.15, 0.2) is 0 Å². The summed E-state index contributed by atoms with van der Waals surface area (Å²) in [4.78, 5) is 17.3. The van der Waals surface area contributed by atoms with Gasteiger partial charge in [0.05, 0.1) is 0 Å². The van der Waals surface area contributed by atoms with Crippen molar-refractivity contribution in [3.63, 3.8) is 0 Å². The van der Waals surface area contributed by atoms with E-state index < -0.39 is 0 Å². The Morgan fingerprint density at radius 2 is 2.06 bits per heavy atom. The topological polar surface area (TPSA) is 57.8 Å². The third kappa shape index (κ3) is 5.13. The van der Waals surface area contributed by atoms with E-state index in [0.717, 1.165) is 18.5 Å². The van der Waals surface area contributed by atoms with Crippen LogP contribution in [0.5, 0.6) is 0 Å². The van der Waals surface area contributed by atoms with Gasteiger partial charge in [0.25, 0.3) is 0 Å². The van der Waals surface area contributed by atoms with Gasteiger partial charge in [-0.1, -0.05) is 27.7 Å². The molecule has 4 heteroatoms. The molecule has 0 radical (unpaired) electrons. The van der Waals surface area contributed by atoms with Gasteiger partial charge >= 0.3 is 5.69 Å². The number of nitrogens with zero attached hydrogens (tertiary/aromatic N) is 1. The van der Waals surface area contributed by atoms with Gasteiger partial charge in [0, 0.05) is 18.4 Å². The van der Waals surface area contributed by atoms with Crippen LogP contribution < -0.4 is 11.0 Å². The molecule has 0 fully saturated rings. The number of hydrogen-bond acceptors (Lipinski definition) is 3. The van der Waals surface area contributed by atoms with E-state index >= 15 is 0 Å². The van der Waals surface area contributed by atoms with Gasteiger partial charge in [-0.15, -0.1) is 0 Å². The first kappa shape index (κ1) is 13.9. The smallest absolute Gasteiger partial charge is 0.314 e. The van der Waals surface area contributed by atoms with E-state index in [1.165, 1.54) is 0 Å². The lowest BCUT2D eigenvalue weighted by Gasteiger charge is -2.22. The first-order valence-corrected chi connectivity index (χ1v) is 6.26. The number of rotatable bonds is 6. The molecule has 1 atom stereocenters. The van der Waals surface area contributed by atoms with Crippen molar-refractivity contribution in [3.05, 3.63) is 28.4 Å². The SMILES string of the molecule is CC(C)NCC(Cc1cnc(=O)[nH]c1)C(C)C. The van der Waals surface area contributed by atoms with Crippen molar-refractivity contribution in [3.8, 4) is 0 Å². The van der Waals surface area contributed by atoms with Gasteiger partial charge < -0.3 is 10.3 Å². The molecule has 0 aliphatic carbocycles. The highest BCUT2D eigenvalue weighted by atomic mass is 16.1. The normalized spacial score (nSPS) is 13.3. The standard InChI is InChI=1S/C13H23N3O/c1-9(2)12(8-14-10(3)4)5-11-6-15-13(17)16-7-11/h6-7,9-10,12,14H,5,8H2,1-4H3,(H,15,16,17). The van der Waals surface area contributed by atoms with Crippen LogP contribution >= 0.6 is 0 Å². The number of H-pyrrole nitrogens is 1. The summed E-state index contributed by atoms with van der Waals surface area (Å²) in [6.45, 7) is 9.75. The molecule has 96 valence electrons. The van der Waals surface area contributed by atoms with Gasteiger partial charge in [-0.25, -0.2) is 9.78 Å². The van der Waals surface area contributed by atoms with Crippen LogP contribution in [0.2, 0.25) is 0 Å². The summed E-state index contributed by atoms with van der Waals surface area (Å²) in [5, 5.41) is 3.47. The minimum atomic E-state index is -0.282. The molecule has 1 heterocycles. The molecular formula is C13H23N3O. The monoisotopic (exact) mass is 237 g/mol. The van der Waals surface area contributed by atoms with Gasteiger partial charge in [-0.3, -0.25) is 0 Å². The van der Waals surface area contributed by atoms with E-state index in [9.17, 15) is 4.79 Å². The molecule has 1 rings (SSSR count). The second-order valence-corrected chi connectivity index (χ2v) is 5.20. The van der Waals surface area contributed by atoms with Crippen molar-refractivity contribution >= 4 is 0 Å². The Hall–Kier alpha value is -1.16. The van der Waals surface area contributed by atoms with E-state index in [0.29, 0.717) is 17.9 Å². The summed E-state index contributed by atoms with van der Waals surface area (Å²) < 4.78 is 0. The first-order valence-electron chi connectivity index (χ1n) is 6.26. The molecule has 0 bridgehead atoms. The van der Waals surface area contributed by atoms with Gasteiger partial charge in [0.2, 0.25) is 0 Å². The Kier molecular flexibility index (Phi) is 5.35. The van der Waals surface area contributed by atoms with Crippen LogP contribution in [0.3, 0.4) is 0 Å². The highest BCUT2D eigenvalue weighted by Crippen LogP contribution is 2.15. The lowest BCUT2D eigenvalue weighted by molar-refractivity contribution is 0.348. The summed E-state index contributed by atoms with van der Waals surface area (Å²) in [5.74, 6) is 1.17. The predicted molar refractivity (Wildman–Crippen MR) is 70.0 cm³/mol. The fourth-order valence-corrected chi connectivity index (χ4v) is 1.72. The summed E-state index contributed by atoms with van der Waals surface area (Å²) >= 11 is 0. The van der Waals surface area contributed by atoms with Crippen LogP contribution in [0.15, 0.2) is 17.2 Å². The highest BCUT2D eigenvalue weighted by molar-refractivity contribution is 5.04. The Labute approximate surface area is 103 Å². The molecule has 0 amide bonds. The van der Waals surface area contributed by atoms with Crippen molar-refractivity contribution in [2.45, 2.75) is 40.2 Å². The fourth-order valence-electron chi connectivity index (χ4n) is 1.72. The molecule has 0 saturated heterocycles. The molecule has 4 nitrogen and oxygen atoms in total. The van der Waals surface area contributed by atoms with Crippen molar-refractivity contribution < 1.29 is 0 Å². The maximum absolute atomic E-state index is 10.9. The minimum Gasteiger partial charge on any atom is -0.314 e. The van der Waals surface area contributed by atoms with Crippen molar-refractivity contribution in [1.29, 1.82) is 0 Å². The van der Waals surface area contributed by atoms with E-state index in [-0.39, 0.29) is 5.69 Å². The molecule has 1 aromatic rings. The lowest BCUT2D eigenvalue weighted by Crippen LogP contribution is -2.32. The maximum atomic E-state index is 10.9. The summed E-state index contributed by atoms with van der Waals surface area (Å²) in [5.41, 5.74) is 0.809. The molecule has 2 N–H and O–H groups in total. The largest absolute Gasteiger partial charge is 0.344 e. The fraction of sp³-hybridized carbons (Fsp3) is 0.692. The van der Waals surface area contributed by atoms with Crippen molar-refractivity contribution in [1.82, 2.24) is 15.3 Å². The number of nitrogens with one attached hydrogen (secondary N) is 2. The predicted octanol–water partition coefficient (Wildman–Crippen LogP) is 1.58. The van der Waals surface area contributed by atoms with Crippen LogP contribution in [0.4, 0.5) is 0 Å². The van der Waals surface area contributed by atoms with E-state index in [1.54, 1.807) is 12.4 Å². The van der Waals surface area contributed by atoms with Crippen molar-refractivity contribution in [2.24, 2.45) is 11.8 Å². The zero-order valence-electron chi connectivity index (χ0n) is 11.2. The zero-order chi connectivity index (χ0) is 12.8. The third-order valence-electron chi connectivity index (χ3n) is 2.96. The van der Waals surface area contributed by atoms with Crippen LogP contribution in [0.25, 0.3) is 0 Å². The Morgan fingerprint density at radius 3 is 2.53 bits per heavy atom. The molecule has 1 unspecified atom stereocenters. The Bertz CT molecular complexity index is 364. The van der Waals surface area contributed by atoms with Crippen molar-refractivity contribution in [2.75, 3.05) is 6.54 Å². The van der Waals surface area contributed by atoms with Crippen LogP contribution in [0, 0.1) is 11.8 Å². The summed E-state index contributed by atoms with van der Waals surface area (Å²) in [6, 6.07) is 0.505. The molecule has 1 aromatic heterocycles. The average Bonchev–Trinajstić information content (AvgIpc) is 2.26. The molecule has 0 saturated carbocycles. The second-order valence-electron chi connectivity index (χ2n) is 5.20. The second kappa shape index (κ2) is 6.55. The van der Waals surface area contributed by atoms with Crippen LogP contribution in [-0.4, -0.2) is 22.6 Å². The van der Waals surface area contributed by atoms with Gasteiger partial charge in [0.1, 0.15) is 0 Å². The van der Waals surface area contributed by atoms with E-state index in [4.69, 9.17) is 0 Å². The van der Waals surface area contributed by atoms with Crippen LogP contribution in [-0.2, 0) is 6.42 Å². The Morgan fingerprint density at radius 1 is 1.35 bits per heavy atom. The quantitative estimate of drug-likeness (QED) is 0.790. The third-order valence-corrected chi connectivity index (χ3v) is 2.96. The number of aromatic amines is 1. The van der Waals surface area contributed by atoms with Gasteiger partial charge in [-0.05, 0) is 30.4 Å². The van der Waals surface area contributed by atoms with E-state index in [2.05, 4.69) is 43.0 Å². The summed E-state index contributed by atoms with van der Waals surface area (Å²) in [6.07, 6.45) is 4.38. The molecular weight excluding hydrogens is 214 g/mol. The van der Waals surface area contributed by atoms with Crippen LogP contribution in [0.1, 0.15) is 33.3 Å². The molecule has 0 aromatic carbocycles. The van der Waals surface area contributed by atoms with Gasteiger partial charge in [-0.2, -0.15) is 0 Å². The first-order chi connectivity index (χ1) is 7.99. The molecule has 0 aliphatic heterocycles. The van der Waals surface area contributed by atoms with E-state index in [1.807, 2.05) is 0 Å². The summed E-state index contributed by atoms with van der Waals surface area (Å²) in [7, 11) is 0. The minimum absolute atomic E-state index is 0.282. The molecule has 0 spiro atoms. The Balaban J connectivity index is 2.60.